The van der Waals surface area contributed by atoms with Crippen molar-refractivity contribution in [2.75, 3.05) is 33.4 Å². The van der Waals surface area contributed by atoms with E-state index < -0.39 is 0 Å². The zero-order chi connectivity index (χ0) is 12.1. The van der Waals surface area contributed by atoms with Gasteiger partial charge in [-0.05, 0) is 44.7 Å². The summed E-state index contributed by atoms with van der Waals surface area (Å²) in [5.74, 6) is 0. The molecular weight excluding hydrogens is 212 g/mol. The van der Waals surface area contributed by atoms with Crippen LogP contribution < -0.4 is 5.73 Å². The summed E-state index contributed by atoms with van der Waals surface area (Å²) in [5.41, 5.74) is 6.36. The van der Waals surface area contributed by atoms with Gasteiger partial charge in [-0.3, -0.25) is 0 Å². The summed E-state index contributed by atoms with van der Waals surface area (Å²) in [4.78, 5) is 2.58. The number of nitrogens with zero attached hydrogens (tertiary/aromatic N) is 1. The molecular formula is C14H28N2O. The van der Waals surface area contributed by atoms with E-state index in [2.05, 4.69) is 11.9 Å². The van der Waals surface area contributed by atoms with Crippen LogP contribution in [0.4, 0.5) is 0 Å². The molecule has 3 heteroatoms. The minimum absolute atomic E-state index is 0.324. The van der Waals surface area contributed by atoms with Crippen LogP contribution in [-0.2, 0) is 4.74 Å². The van der Waals surface area contributed by atoms with Crippen molar-refractivity contribution in [3.05, 3.63) is 0 Å². The van der Waals surface area contributed by atoms with Gasteiger partial charge in [0.15, 0.2) is 0 Å². The van der Waals surface area contributed by atoms with E-state index in [4.69, 9.17) is 10.5 Å². The standard InChI is InChI=1S/C14H28N2O/c1-16(13-5-3-2-4-6-13)12-14(11-15)7-9-17-10-8-14/h13H,2-12,15H2,1H3. The van der Waals surface area contributed by atoms with Gasteiger partial charge in [0.25, 0.3) is 0 Å². The van der Waals surface area contributed by atoms with Crippen molar-refractivity contribution in [2.45, 2.75) is 51.0 Å². The lowest BCUT2D eigenvalue weighted by molar-refractivity contribution is -0.00509. The molecule has 2 fully saturated rings. The van der Waals surface area contributed by atoms with Crippen molar-refractivity contribution in [1.82, 2.24) is 4.90 Å². The molecule has 1 aliphatic heterocycles. The van der Waals surface area contributed by atoms with Gasteiger partial charge in [-0.25, -0.2) is 0 Å². The first-order valence-corrected chi connectivity index (χ1v) is 7.24. The Morgan fingerprint density at radius 2 is 1.82 bits per heavy atom. The normalized spacial score (nSPS) is 26.3. The second-order valence-corrected chi connectivity index (χ2v) is 6.02. The van der Waals surface area contributed by atoms with Gasteiger partial charge in [-0.2, -0.15) is 0 Å². The minimum Gasteiger partial charge on any atom is -0.381 e. The van der Waals surface area contributed by atoms with Gasteiger partial charge in [0, 0.05) is 25.8 Å². The van der Waals surface area contributed by atoms with Crippen LogP contribution in [0.1, 0.15) is 44.9 Å². The summed E-state index contributed by atoms with van der Waals surface area (Å²) >= 11 is 0. The van der Waals surface area contributed by atoms with Crippen molar-refractivity contribution in [1.29, 1.82) is 0 Å². The predicted molar refractivity (Wildman–Crippen MR) is 71.0 cm³/mol. The topological polar surface area (TPSA) is 38.5 Å². The average Bonchev–Trinajstić information content (AvgIpc) is 2.41. The van der Waals surface area contributed by atoms with Crippen LogP contribution in [0.3, 0.4) is 0 Å². The van der Waals surface area contributed by atoms with Crippen LogP contribution in [0, 0.1) is 5.41 Å². The highest BCUT2D eigenvalue weighted by atomic mass is 16.5. The summed E-state index contributed by atoms with van der Waals surface area (Å²) in [6, 6.07) is 0.801. The van der Waals surface area contributed by atoms with E-state index in [9.17, 15) is 0 Å². The van der Waals surface area contributed by atoms with E-state index in [1.54, 1.807) is 0 Å². The Kier molecular flexibility index (Phi) is 4.83. The Balaban J connectivity index is 1.88. The lowest BCUT2D eigenvalue weighted by Gasteiger charge is -2.42. The van der Waals surface area contributed by atoms with Gasteiger partial charge in [0.05, 0.1) is 0 Å². The van der Waals surface area contributed by atoms with Crippen LogP contribution in [0.25, 0.3) is 0 Å². The second kappa shape index (κ2) is 6.17. The van der Waals surface area contributed by atoms with Gasteiger partial charge in [-0.1, -0.05) is 19.3 Å². The molecule has 17 heavy (non-hydrogen) atoms. The number of ether oxygens (including phenoxy) is 1. The van der Waals surface area contributed by atoms with E-state index in [1.807, 2.05) is 0 Å². The van der Waals surface area contributed by atoms with Crippen LogP contribution in [-0.4, -0.2) is 44.3 Å². The molecule has 1 saturated carbocycles. The fourth-order valence-electron chi connectivity index (χ4n) is 3.41. The Hall–Kier alpha value is -0.120. The minimum atomic E-state index is 0.324. The molecule has 2 N–H and O–H groups in total. The van der Waals surface area contributed by atoms with Crippen LogP contribution in [0.2, 0.25) is 0 Å². The van der Waals surface area contributed by atoms with Gasteiger partial charge >= 0.3 is 0 Å². The highest BCUT2D eigenvalue weighted by molar-refractivity contribution is 4.87. The monoisotopic (exact) mass is 240 g/mol. The molecule has 3 nitrogen and oxygen atoms in total. The molecule has 1 heterocycles. The fraction of sp³-hybridized carbons (Fsp3) is 1.00. The van der Waals surface area contributed by atoms with Crippen molar-refractivity contribution in [3.8, 4) is 0 Å². The summed E-state index contributed by atoms with van der Waals surface area (Å²) < 4.78 is 5.48. The molecule has 0 aromatic heterocycles. The molecule has 0 aromatic rings. The van der Waals surface area contributed by atoms with E-state index in [0.717, 1.165) is 45.2 Å². The van der Waals surface area contributed by atoms with Crippen LogP contribution in [0.5, 0.6) is 0 Å². The maximum absolute atomic E-state index is 6.03. The highest BCUT2D eigenvalue weighted by Gasteiger charge is 2.34. The van der Waals surface area contributed by atoms with Crippen LogP contribution in [0.15, 0.2) is 0 Å². The molecule has 0 unspecified atom stereocenters. The quantitative estimate of drug-likeness (QED) is 0.817. The molecule has 2 rings (SSSR count). The average molecular weight is 240 g/mol. The molecule has 0 aromatic carbocycles. The lowest BCUT2D eigenvalue weighted by atomic mass is 9.79. The van der Waals surface area contributed by atoms with Crippen molar-refractivity contribution in [3.63, 3.8) is 0 Å². The molecule has 0 amide bonds. The van der Waals surface area contributed by atoms with Crippen molar-refractivity contribution < 1.29 is 4.74 Å². The number of nitrogens with two attached hydrogens (primary N) is 1. The first kappa shape index (κ1) is 13.3. The largest absolute Gasteiger partial charge is 0.381 e. The van der Waals surface area contributed by atoms with Gasteiger partial charge in [-0.15, -0.1) is 0 Å². The van der Waals surface area contributed by atoms with Crippen molar-refractivity contribution in [2.24, 2.45) is 11.1 Å². The van der Waals surface area contributed by atoms with Gasteiger partial charge in [0.1, 0.15) is 0 Å². The van der Waals surface area contributed by atoms with Crippen LogP contribution >= 0.6 is 0 Å². The molecule has 2 aliphatic rings. The second-order valence-electron chi connectivity index (χ2n) is 6.02. The summed E-state index contributed by atoms with van der Waals surface area (Å²) in [5, 5.41) is 0. The number of hydrogen-bond donors (Lipinski definition) is 1. The molecule has 0 radical (unpaired) electrons. The Bertz CT molecular complexity index is 220. The zero-order valence-corrected chi connectivity index (χ0v) is 11.3. The lowest BCUT2D eigenvalue weighted by Crippen LogP contribution is -2.48. The van der Waals surface area contributed by atoms with E-state index in [0.29, 0.717) is 5.41 Å². The SMILES string of the molecule is CN(CC1(CN)CCOCC1)C1CCCCC1. The highest BCUT2D eigenvalue weighted by Crippen LogP contribution is 2.32. The third-order valence-electron chi connectivity index (χ3n) is 4.77. The van der Waals surface area contributed by atoms with Gasteiger partial charge in [0.2, 0.25) is 0 Å². The maximum Gasteiger partial charge on any atom is 0.0472 e. The molecule has 0 atom stereocenters. The summed E-state index contributed by atoms with van der Waals surface area (Å²) in [6.07, 6.45) is 9.30. The first-order valence-electron chi connectivity index (χ1n) is 7.24. The fourth-order valence-corrected chi connectivity index (χ4v) is 3.41. The molecule has 1 aliphatic carbocycles. The first-order chi connectivity index (χ1) is 8.26. The third-order valence-corrected chi connectivity index (χ3v) is 4.77. The summed E-state index contributed by atoms with van der Waals surface area (Å²) in [7, 11) is 2.29. The number of rotatable bonds is 4. The smallest absolute Gasteiger partial charge is 0.0472 e. The molecule has 0 spiro atoms. The van der Waals surface area contributed by atoms with E-state index in [1.165, 1.54) is 32.1 Å². The van der Waals surface area contributed by atoms with E-state index in [-0.39, 0.29) is 0 Å². The molecule has 0 bridgehead atoms. The van der Waals surface area contributed by atoms with Gasteiger partial charge < -0.3 is 15.4 Å². The predicted octanol–water partition coefficient (Wildman–Crippen LogP) is 2.01. The Labute approximate surface area is 106 Å². The maximum atomic E-state index is 6.03. The molecule has 1 saturated heterocycles. The van der Waals surface area contributed by atoms with E-state index >= 15 is 0 Å². The third kappa shape index (κ3) is 3.43. The summed E-state index contributed by atoms with van der Waals surface area (Å²) in [6.45, 7) is 3.77. The zero-order valence-electron chi connectivity index (χ0n) is 11.3. The number of hydrogen-bond acceptors (Lipinski definition) is 3. The van der Waals surface area contributed by atoms with Crippen molar-refractivity contribution >= 4 is 0 Å². The Morgan fingerprint density at radius 1 is 1.18 bits per heavy atom. The Morgan fingerprint density at radius 3 is 2.41 bits per heavy atom. The molecule has 100 valence electrons.